The third-order valence-electron chi connectivity index (χ3n) is 2.97. The molecule has 1 aliphatic rings. The molecule has 1 aromatic rings. The van der Waals surface area contributed by atoms with Crippen molar-refractivity contribution in [1.29, 1.82) is 0 Å². The summed E-state index contributed by atoms with van der Waals surface area (Å²) in [6, 6.07) is 1.32. The van der Waals surface area contributed by atoms with Gasteiger partial charge in [0.05, 0.1) is 18.8 Å². The molecule has 0 bridgehead atoms. The average molecular weight is 307 g/mol. The standard InChI is InChI=1S/C11H16F3N5O2/c1-6-3-19(4-7(5-20)21-6)9-2-8(18-15)16-10(17-9)11(12,13)14/h2,6-7,20H,3-5,15H2,1H3,(H,16,17,18). The number of halogens is 3. The summed E-state index contributed by atoms with van der Waals surface area (Å²) in [5.74, 6) is 3.83. The second kappa shape index (κ2) is 6.00. The maximum atomic E-state index is 12.8. The zero-order valence-electron chi connectivity index (χ0n) is 11.3. The highest BCUT2D eigenvalue weighted by atomic mass is 19.4. The van der Waals surface area contributed by atoms with Gasteiger partial charge in [-0.25, -0.2) is 15.8 Å². The van der Waals surface area contributed by atoms with Crippen molar-refractivity contribution in [2.45, 2.75) is 25.3 Å². The summed E-state index contributed by atoms with van der Waals surface area (Å²) in [5.41, 5.74) is 2.10. The van der Waals surface area contributed by atoms with Crippen molar-refractivity contribution in [3.8, 4) is 0 Å². The molecule has 2 heterocycles. The molecule has 1 fully saturated rings. The third-order valence-corrected chi connectivity index (χ3v) is 2.97. The summed E-state index contributed by atoms with van der Waals surface area (Å²) in [7, 11) is 0. The second-order valence-corrected chi connectivity index (χ2v) is 4.73. The Morgan fingerprint density at radius 2 is 2.19 bits per heavy atom. The molecule has 4 N–H and O–H groups in total. The van der Waals surface area contributed by atoms with Crippen molar-refractivity contribution in [3.63, 3.8) is 0 Å². The highest BCUT2D eigenvalue weighted by molar-refractivity contribution is 5.49. The molecule has 0 spiro atoms. The van der Waals surface area contributed by atoms with Crippen molar-refractivity contribution in [2.75, 3.05) is 30.0 Å². The summed E-state index contributed by atoms with van der Waals surface area (Å²) in [4.78, 5) is 8.44. The number of aromatic nitrogens is 2. The maximum Gasteiger partial charge on any atom is 0.451 e. The van der Waals surface area contributed by atoms with E-state index in [1.807, 2.05) is 0 Å². The van der Waals surface area contributed by atoms with Crippen LogP contribution in [-0.2, 0) is 10.9 Å². The fourth-order valence-corrected chi connectivity index (χ4v) is 2.13. The van der Waals surface area contributed by atoms with E-state index >= 15 is 0 Å². The number of hydrogen-bond donors (Lipinski definition) is 3. The SMILES string of the molecule is CC1CN(c2cc(NN)nc(C(F)(F)F)n2)CC(CO)O1. The minimum atomic E-state index is -4.67. The summed E-state index contributed by atoms with van der Waals surface area (Å²) in [6.45, 7) is 2.14. The van der Waals surface area contributed by atoms with Gasteiger partial charge in [-0.15, -0.1) is 0 Å². The van der Waals surface area contributed by atoms with Gasteiger partial charge in [-0.3, -0.25) is 0 Å². The number of anilines is 2. The van der Waals surface area contributed by atoms with Crippen LogP contribution in [0.1, 0.15) is 12.7 Å². The molecule has 2 atom stereocenters. The van der Waals surface area contributed by atoms with E-state index < -0.39 is 18.1 Å². The van der Waals surface area contributed by atoms with Crippen LogP contribution in [0.25, 0.3) is 0 Å². The molecule has 1 aliphatic heterocycles. The van der Waals surface area contributed by atoms with Crippen molar-refractivity contribution >= 4 is 11.6 Å². The molecule has 0 aromatic carbocycles. The van der Waals surface area contributed by atoms with Gasteiger partial charge in [-0.2, -0.15) is 13.2 Å². The summed E-state index contributed by atoms with van der Waals surface area (Å²) in [6.07, 6.45) is -5.39. The first-order valence-electron chi connectivity index (χ1n) is 6.27. The zero-order valence-corrected chi connectivity index (χ0v) is 11.3. The highest BCUT2D eigenvalue weighted by Gasteiger charge is 2.36. The number of aliphatic hydroxyl groups excluding tert-OH is 1. The minimum absolute atomic E-state index is 0.0823. The van der Waals surface area contributed by atoms with Gasteiger partial charge >= 0.3 is 6.18 Å². The van der Waals surface area contributed by atoms with Gasteiger partial charge in [0, 0.05) is 19.2 Å². The summed E-state index contributed by atoms with van der Waals surface area (Å²) < 4.78 is 43.8. The van der Waals surface area contributed by atoms with E-state index in [2.05, 4.69) is 15.4 Å². The van der Waals surface area contributed by atoms with Gasteiger partial charge < -0.3 is 20.2 Å². The fraction of sp³-hybridized carbons (Fsp3) is 0.636. The molecular formula is C11H16F3N5O2. The molecule has 21 heavy (non-hydrogen) atoms. The first kappa shape index (κ1) is 15.7. The molecule has 0 radical (unpaired) electrons. The largest absolute Gasteiger partial charge is 0.451 e. The highest BCUT2D eigenvalue weighted by Crippen LogP contribution is 2.29. The number of morpholine rings is 1. The lowest BCUT2D eigenvalue weighted by Gasteiger charge is -2.37. The second-order valence-electron chi connectivity index (χ2n) is 4.73. The predicted molar refractivity (Wildman–Crippen MR) is 68.5 cm³/mol. The van der Waals surface area contributed by atoms with Crippen molar-refractivity contribution in [2.24, 2.45) is 5.84 Å². The lowest BCUT2D eigenvalue weighted by molar-refractivity contribution is -0.144. The Morgan fingerprint density at radius 1 is 1.48 bits per heavy atom. The maximum absolute atomic E-state index is 12.8. The predicted octanol–water partition coefficient (Wildman–Crippen LogP) is 0.367. The summed E-state index contributed by atoms with van der Waals surface area (Å²) >= 11 is 0. The number of rotatable bonds is 3. The number of nitrogens with two attached hydrogens (primary N) is 1. The van der Waals surface area contributed by atoms with E-state index in [9.17, 15) is 13.2 Å². The molecular weight excluding hydrogens is 291 g/mol. The van der Waals surface area contributed by atoms with Crippen LogP contribution in [-0.4, -0.2) is 47.0 Å². The minimum Gasteiger partial charge on any atom is -0.394 e. The first-order chi connectivity index (χ1) is 9.83. The Morgan fingerprint density at radius 3 is 2.76 bits per heavy atom. The van der Waals surface area contributed by atoms with E-state index in [0.29, 0.717) is 6.54 Å². The van der Waals surface area contributed by atoms with Crippen molar-refractivity contribution in [1.82, 2.24) is 9.97 Å². The van der Waals surface area contributed by atoms with E-state index in [1.165, 1.54) is 6.07 Å². The quantitative estimate of drug-likeness (QED) is 0.548. The molecule has 1 aromatic heterocycles. The number of nitrogens with zero attached hydrogens (tertiary/aromatic N) is 3. The molecule has 0 amide bonds. The molecule has 0 saturated carbocycles. The van der Waals surface area contributed by atoms with Gasteiger partial charge in [-0.05, 0) is 6.92 Å². The van der Waals surface area contributed by atoms with Crippen molar-refractivity contribution < 1.29 is 23.0 Å². The van der Waals surface area contributed by atoms with E-state index in [1.54, 1.807) is 11.8 Å². The lowest BCUT2D eigenvalue weighted by Crippen LogP contribution is -2.48. The molecule has 1 saturated heterocycles. The molecule has 0 aliphatic carbocycles. The molecule has 7 nitrogen and oxygen atoms in total. The number of nitrogen functional groups attached to an aromatic ring is 1. The zero-order chi connectivity index (χ0) is 15.6. The van der Waals surface area contributed by atoms with Crippen LogP contribution >= 0.6 is 0 Å². The number of hydrazine groups is 1. The normalized spacial score (nSPS) is 23.2. The Kier molecular flexibility index (Phi) is 4.49. The first-order valence-corrected chi connectivity index (χ1v) is 6.27. The van der Waals surface area contributed by atoms with Gasteiger partial charge in [-0.1, -0.05) is 0 Å². The molecule has 2 unspecified atom stereocenters. The number of alkyl halides is 3. The Labute approximate surface area is 118 Å². The number of ether oxygens (including phenoxy) is 1. The number of hydrogen-bond acceptors (Lipinski definition) is 7. The van der Waals surface area contributed by atoms with Crippen LogP contribution in [0.3, 0.4) is 0 Å². The van der Waals surface area contributed by atoms with Crippen LogP contribution in [0.15, 0.2) is 6.07 Å². The van der Waals surface area contributed by atoms with Gasteiger partial charge in [0.15, 0.2) is 0 Å². The molecule has 2 rings (SSSR count). The van der Waals surface area contributed by atoms with Crippen molar-refractivity contribution in [3.05, 3.63) is 11.9 Å². The van der Waals surface area contributed by atoms with Gasteiger partial charge in [0.25, 0.3) is 0 Å². The van der Waals surface area contributed by atoms with E-state index in [4.69, 9.17) is 15.7 Å². The topological polar surface area (TPSA) is 96.5 Å². The third kappa shape index (κ3) is 3.71. The van der Waals surface area contributed by atoms with Crippen LogP contribution in [0, 0.1) is 0 Å². The van der Waals surface area contributed by atoms with Crippen LogP contribution < -0.4 is 16.2 Å². The Hall–Kier alpha value is -1.65. The number of aliphatic hydroxyl groups is 1. The Balaban J connectivity index is 2.33. The summed E-state index contributed by atoms with van der Waals surface area (Å²) in [5, 5.41) is 9.16. The fourth-order valence-electron chi connectivity index (χ4n) is 2.13. The number of nitrogens with one attached hydrogen (secondary N) is 1. The lowest BCUT2D eigenvalue weighted by atomic mass is 10.2. The van der Waals surface area contributed by atoms with Gasteiger partial charge in [0.2, 0.25) is 5.82 Å². The van der Waals surface area contributed by atoms with Crippen LogP contribution in [0.5, 0.6) is 0 Å². The average Bonchev–Trinajstić information content (AvgIpc) is 2.45. The monoisotopic (exact) mass is 307 g/mol. The van der Waals surface area contributed by atoms with Gasteiger partial charge in [0.1, 0.15) is 11.6 Å². The van der Waals surface area contributed by atoms with Crippen LogP contribution in [0.2, 0.25) is 0 Å². The molecule has 10 heteroatoms. The van der Waals surface area contributed by atoms with E-state index in [0.717, 1.165) is 0 Å². The van der Waals surface area contributed by atoms with Crippen LogP contribution in [0.4, 0.5) is 24.8 Å². The van der Waals surface area contributed by atoms with E-state index in [-0.39, 0.29) is 30.9 Å². The molecule has 118 valence electrons. The smallest absolute Gasteiger partial charge is 0.394 e. The Bertz CT molecular complexity index is 499.